The molecule has 6 heteroatoms. The van der Waals surface area contributed by atoms with Crippen LogP contribution in [0.1, 0.15) is 57.1 Å². The van der Waals surface area contributed by atoms with Crippen molar-refractivity contribution in [1.29, 1.82) is 0 Å². The van der Waals surface area contributed by atoms with Crippen molar-refractivity contribution in [3.05, 3.63) is 182 Å². The average molecular weight is 685 g/mol. The number of Topliss-reactive ketones (excluding diaryl/α,β-unsaturated/α-hetero) is 1. The summed E-state index contributed by atoms with van der Waals surface area (Å²) in [5.74, 6) is -0.0543. The lowest BCUT2D eigenvalue weighted by Crippen LogP contribution is -2.31. The SMILES string of the molecule is C1=CNc2ccccc2C=C1.CN(C)C1C=c2ccccc2=c2ccc3c(c21)CCCC=3C(=O)c1ccc(NC(=O)Cc2ccccc2CN)cc1. The third-order valence-corrected chi connectivity index (χ3v) is 10.1. The molecular weight excluding hydrogens is 641 g/mol. The van der Waals surface area contributed by atoms with E-state index in [2.05, 4.69) is 90.3 Å². The van der Waals surface area contributed by atoms with Crippen LogP contribution < -0.4 is 26.8 Å². The van der Waals surface area contributed by atoms with Gasteiger partial charge in [0.2, 0.25) is 5.91 Å². The topological polar surface area (TPSA) is 87.5 Å². The van der Waals surface area contributed by atoms with Crippen LogP contribution in [0.5, 0.6) is 0 Å². The number of carbonyl (C=O) groups is 2. The molecular formula is C46H44N4O2. The Balaban J connectivity index is 0.000000324. The molecule has 8 rings (SSSR count). The molecule has 6 nitrogen and oxygen atoms in total. The first-order valence-electron chi connectivity index (χ1n) is 17.9. The minimum atomic E-state index is -0.112. The average Bonchev–Trinajstić information content (AvgIpc) is 3.43. The fourth-order valence-electron chi connectivity index (χ4n) is 7.46. The van der Waals surface area contributed by atoms with Crippen molar-refractivity contribution >= 4 is 40.8 Å². The normalized spacial score (nSPS) is 15.0. The van der Waals surface area contributed by atoms with E-state index in [-0.39, 0.29) is 24.2 Å². The van der Waals surface area contributed by atoms with Gasteiger partial charge in [-0.3, -0.25) is 14.5 Å². The molecule has 0 aromatic heterocycles. The summed E-state index contributed by atoms with van der Waals surface area (Å²) < 4.78 is 0. The van der Waals surface area contributed by atoms with E-state index in [1.807, 2.05) is 79.0 Å². The maximum atomic E-state index is 13.8. The van der Waals surface area contributed by atoms with Crippen LogP contribution in [0.25, 0.3) is 17.7 Å². The Morgan fingerprint density at radius 3 is 2.33 bits per heavy atom. The van der Waals surface area contributed by atoms with Crippen molar-refractivity contribution < 1.29 is 9.59 Å². The second-order valence-electron chi connectivity index (χ2n) is 13.6. The number of amides is 1. The lowest BCUT2D eigenvalue weighted by atomic mass is 9.82. The number of ketones is 1. The summed E-state index contributed by atoms with van der Waals surface area (Å²) >= 11 is 0. The van der Waals surface area contributed by atoms with E-state index >= 15 is 0 Å². The van der Waals surface area contributed by atoms with E-state index in [0.29, 0.717) is 17.8 Å². The zero-order valence-electron chi connectivity index (χ0n) is 29.7. The molecule has 4 N–H and O–H groups in total. The Morgan fingerprint density at radius 2 is 1.52 bits per heavy atom. The summed E-state index contributed by atoms with van der Waals surface area (Å²) in [6.07, 6.45) is 13.3. The highest BCUT2D eigenvalue weighted by Gasteiger charge is 2.25. The standard InChI is InChI=1S/C36H35N3O2.C10H9N/c1-39(2)33-20-25-9-5-6-11-28(25)31-19-18-29-30(35(31)33)12-7-13-32(29)36(41)23-14-16-27(17-15-23)38-34(40)21-24-8-3-4-10-26(24)22-37;1-2-7-10-9(5-1)6-3-4-8-11-10/h3-6,8-11,14-20,33H,7,12-13,21-22,37H2,1-2H3,(H,38,40);1-8,11H. The molecule has 1 heterocycles. The van der Waals surface area contributed by atoms with Crippen LogP contribution in [0.4, 0.5) is 11.4 Å². The van der Waals surface area contributed by atoms with Crippen LogP contribution in [-0.4, -0.2) is 30.7 Å². The van der Waals surface area contributed by atoms with Crippen molar-refractivity contribution in [2.45, 2.75) is 38.3 Å². The lowest BCUT2D eigenvalue weighted by Gasteiger charge is -2.29. The molecule has 52 heavy (non-hydrogen) atoms. The summed E-state index contributed by atoms with van der Waals surface area (Å²) in [6, 6.07) is 36.3. The molecule has 1 aliphatic heterocycles. The molecule has 5 aromatic carbocycles. The quantitative estimate of drug-likeness (QED) is 0.161. The van der Waals surface area contributed by atoms with Gasteiger partial charge in [-0.15, -0.1) is 0 Å². The van der Waals surface area contributed by atoms with E-state index < -0.39 is 0 Å². The summed E-state index contributed by atoms with van der Waals surface area (Å²) in [5, 5.41) is 11.0. The molecule has 0 spiro atoms. The highest BCUT2D eigenvalue weighted by Crippen LogP contribution is 2.30. The van der Waals surface area contributed by atoms with E-state index in [4.69, 9.17) is 5.73 Å². The van der Waals surface area contributed by atoms with Crippen LogP contribution in [-0.2, 0) is 24.2 Å². The molecule has 0 fully saturated rings. The number of allylic oxidation sites excluding steroid dienone is 2. The Bertz CT molecular complexity index is 2430. The fourth-order valence-corrected chi connectivity index (χ4v) is 7.46. The van der Waals surface area contributed by atoms with Crippen molar-refractivity contribution in [3.63, 3.8) is 0 Å². The van der Waals surface area contributed by atoms with Gasteiger partial charge in [-0.2, -0.15) is 0 Å². The second kappa shape index (κ2) is 15.6. The third-order valence-electron chi connectivity index (χ3n) is 10.1. The van der Waals surface area contributed by atoms with Crippen molar-refractivity contribution in [3.8, 4) is 0 Å². The van der Waals surface area contributed by atoms with Gasteiger partial charge in [0.25, 0.3) is 0 Å². The summed E-state index contributed by atoms with van der Waals surface area (Å²) in [6.45, 7) is 0.395. The van der Waals surface area contributed by atoms with Gasteiger partial charge in [-0.05, 0) is 118 Å². The molecule has 0 bridgehead atoms. The minimum Gasteiger partial charge on any atom is -0.361 e. The highest BCUT2D eigenvalue weighted by atomic mass is 16.1. The smallest absolute Gasteiger partial charge is 0.228 e. The van der Waals surface area contributed by atoms with Gasteiger partial charge in [-0.1, -0.05) is 97.1 Å². The number of nitrogens with zero attached hydrogens (tertiary/aromatic N) is 1. The van der Waals surface area contributed by atoms with E-state index in [1.54, 1.807) is 0 Å². The maximum Gasteiger partial charge on any atom is 0.228 e. The molecule has 0 saturated heterocycles. The largest absolute Gasteiger partial charge is 0.361 e. The predicted octanol–water partition coefficient (Wildman–Crippen LogP) is 7.02. The summed E-state index contributed by atoms with van der Waals surface area (Å²) in [7, 11) is 4.24. The number of carbonyl (C=O) groups excluding carboxylic acids is 2. The minimum absolute atomic E-state index is 0.0576. The molecule has 5 aromatic rings. The van der Waals surface area contributed by atoms with Crippen LogP contribution in [0.2, 0.25) is 0 Å². The lowest BCUT2D eigenvalue weighted by molar-refractivity contribution is -0.115. The number of anilines is 2. The summed E-state index contributed by atoms with van der Waals surface area (Å²) in [5.41, 5.74) is 14.9. The van der Waals surface area contributed by atoms with Gasteiger partial charge >= 0.3 is 0 Å². The molecule has 2 aliphatic carbocycles. The Morgan fingerprint density at radius 1 is 0.788 bits per heavy atom. The van der Waals surface area contributed by atoms with Gasteiger partial charge in [0.15, 0.2) is 5.78 Å². The second-order valence-corrected chi connectivity index (χ2v) is 13.6. The fraction of sp³-hybridized carbons (Fsp3) is 0.174. The van der Waals surface area contributed by atoms with Crippen LogP contribution in [0.15, 0.2) is 128 Å². The number of hydrogen-bond donors (Lipinski definition) is 3. The molecule has 3 aliphatic rings. The van der Waals surface area contributed by atoms with Crippen molar-refractivity contribution in [1.82, 2.24) is 4.90 Å². The summed E-state index contributed by atoms with van der Waals surface area (Å²) in [4.78, 5) is 28.8. The van der Waals surface area contributed by atoms with Crippen LogP contribution >= 0.6 is 0 Å². The van der Waals surface area contributed by atoms with Crippen LogP contribution in [0, 0.1) is 10.4 Å². The third kappa shape index (κ3) is 7.31. The Labute approximate surface area is 305 Å². The van der Waals surface area contributed by atoms with E-state index in [9.17, 15) is 9.59 Å². The zero-order chi connectivity index (χ0) is 36.0. The van der Waals surface area contributed by atoms with Gasteiger partial charge in [0.1, 0.15) is 0 Å². The van der Waals surface area contributed by atoms with Gasteiger partial charge < -0.3 is 16.4 Å². The van der Waals surface area contributed by atoms with Gasteiger partial charge in [-0.25, -0.2) is 0 Å². The number of benzene rings is 5. The Kier molecular flexibility index (Phi) is 10.4. The van der Waals surface area contributed by atoms with Crippen LogP contribution in [0.3, 0.4) is 0 Å². The molecule has 260 valence electrons. The first-order valence-corrected chi connectivity index (χ1v) is 17.9. The Hall–Kier alpha value is -5.82. The molecule has 0 radical (unpaired) electrons. The molecule has 1 unspecified atom stereocenters. The maximum absolute atomic E-state index is 13.8. The van der Waals surface area contributed by atoms with Gasteiger partial charge in [0.05, 0.1) is 12.5 Å². The predicted molar refractivity (Wildman–Crippen MR) is 213 cm³/mol. The molecule has 1 atom stereocenters. The number of nitrogens with one attached hydrogen (secondary N) is 2. The number of para-hydroxylation sites is 1. The number of fused-ring (bicyclic) bond motifs is 5. The number of nitrogens with two attached hydrogens (primary N) is 1. The number of hydrogen-bond acceptors (Lipinski definition) is 5. The molecule has 0 saturated carbocycles. The van der Waals surface area contributed by atoms with Crippen molar-refractivity contribution in [2.24, 2.45) is 5.73 Å². The first-order chi connectivity index (χ1) is 25.4. The van der Waals surface area contributed by atoms with Crippen molar-refractivity contribution in [2.75, 3.05) is 24.7 Å². The molecule has 1 amide bonds. The van der Waals surface area contributed by atoms with E-state index in [1.165, 1.54) is 32.3 Å². The number of rotatable bonds is 7. The van der Waals surface area contributed by atoms with E-state index in [0.717, 1.165) is 46.9 Å². The van der Waals surface area contributed by atoms with Gasteiger partial charge in [0, 0.05) is 35.3 Å². The highest BCUT2D eigenvalue weighted by molar-refractivity contribution is 6.24. The zero-order valence-corrected chi connectivity index (χ0v) is 29.7. The first kappa shape index (κ1) is 34.6. The monoisotopic (exact) mass is 684 g/mol.